The van der Waals surface area contributed by atoms with Crippen LogP contribution in [0.3, 0.4) is 0 Å². The number of aromatic amines is 1. The van der Waals surface area contributed by atoms with E-state index in [4.69, 9.17) is 0 Å². The Kier molecular flexibility index (Phi) is 3.14. The van der Waals surface area contributed by atoms with E-state index in [9.17, 15) is 0 Å². The van der Waals surface area contributed by atoms with E-state index in [0.717, 1.165) is 25.8 Å². The highest BCUT2D eigenvalue weighted by Crippen LogP contribution is 2.29. The monoisotopic (exact) mass is 364 g/mol. The number of aromatic nitrogens is 1. The van der Waals surface area contributed by atoms with Gasteiger partial charge in [-0.25, -0.2) is 0 Å². The van der Waals surface area contributed by atoms with Crippen molar-refractivity contribution in [3.63, 3.8) is 0 Å². The Labute approximate surface area is 122 Å². The van der Waals surface area contributed by atoms with Gasteiger partial charge in [-0.1, -0.05) is 31.9 Å². The maximum atomic E-state index is 3.50. The van der Waals surface area contributed by atoms with E-state index >= 15 is 0 Å². The Balaban J connectivity index is 1.99. The molecule has 0 aliphatic carbocycles. The topological polar surface area (TPSA) is 27.8 Å². The maximum absolute atomic E-state index is 3.50. The summed E-state index contributed by atoms with van der Waals surface area (Å²) in [6.45, 7) is 0. The van der Waals surface area contributed by atoms with E-state index in [-0.39, 0.29) is 0 Å². The molecule has 2 nitrogen and oxygen atoms in total. The zero-order valence-electron chi connectivity index (χ0n) is 9.37. The van der Waals surface area contributed by atoms with Crippen molar-refractivity contribution < 1.29 is 0 Å². The number of fused-ring (bicyclic) bond motifs is 1. The van der Waals surface area contributed by atoms with Crippen LogP contribution in [-0.4, -0.2) is 4.98 Å². The van der Waals surface area contributed by atoms with E-state index in [0.29, 0.717) is 0 Å². The Hall–Kier alpha value is -1.26. The van der Waals surface area contributed by atoms with Crippen molar-refractivity contribution in [2.75, 3.05) is 5.32 Å². The van der Waals surface area contributed by atoms with Gasteiger partial charge < -0.3 is 10.3 Å². The minimum Gasteiger partial charge on any atom is -0.359 e. The van der Waals surface area contributed by atoms with Crippen molar-refractivity contribution in [1.29, 1.82) is 0 Å². The second-order valence-corrected chi connectivity index (χ2v) is 5.86. The average Bonchev–Trinajstić information content (AvgIpc) is 2.75. The van der Waals surface area contributed by atoms with Gasteiger partial charge in [-0.05, 0) is 42.5 Å². The molecule has 0 radical (unpaired) electrons. The second-order valence-electron chi connectivity index (χ2n) is 4.02. The molecule has 3 aromatic rings. The number of nitrogens with one attached hydrogen (secondary N) is 2. The third-order valence-electron chi connectivity index (χ3n) is 2.77. The van der Waals surface area contributed by atoms with E-state index in [1.165, 1.54) is 5.39 Å². The van der Waals surface area contributed by atoms with Crippen molar-refractivity contribution in [1.82, 2.24) is 4.98 Å². The van der Waals surface area contributed by atoms with Gasteiger partial charge >= 0.3 is 0 Å². The van der Waals surface area contributed by atoms with Crippen LogP contribution in [0.25, 0.3) is 10.9 Å². The molecule has 0 bridgehead atoms. The summed E-state index contributed by atoms with van der Waals surface area (Å²) in [4.78, 5) is 3.25. The SMILES string of the molecule is Brc1ccc(Nc2c[nH]c3ccc(Br)cc23)cc1. The van der Waals surface area contributed by atoms with E-state index in [1.807, 2.05) is 36.5 Å². The summed E-state index contributed by atoms with van der Waals surface area (Å²) in [6.07, 6.45) is 1.99. The molecule has 2 aromatic carbocycles. The Bertz CT molecular complexity index is 687. The molecule has 1 aromatic heterocycles. The Morgan fingerprint density at radius 3 is 2.39 bits per heavy atom. The van der Waals surface area contributed by atoms with Crippen LogP contribution in [-0.2, 0) is 0 Å². The van der Waals surface area contributed by atoms with Crippen LogP contribution in [0.2, 0.25) is 0 Å². The molecule has 0 atom stereocenters. The average molecular weight is 366 g/mol. The molecule has 0 spiro atoms. The summed E-state index contributed by atoms with van der Waals surface area (Å²) in [7, 11) is 0. The molecule has 1 heterocycles. The number of halogens is 2. The van der Waals surface area contributed by atoms with Gasteiger partial charge in [0.25, 0.3) is 0 Å². The summed E-state index contributed by atoms with van der Waals surface area (Å²) in [5.41, 5.74) is 3.27. The number of hydrogen-bond acceptors (Lipinski definition) is 1. The molecule has 3 rings (SSSR count). The first-order valence-electron chi connectivity index (χ1n) is 5.51. The van der Waals surface area contributed by atoms with Gasteiger partial charge in [0, 0.05) is 31.7 Å². The predicted molar refractivity (Wildman–Crippen MR) is 83.4 cm³/mol. The van der Waals surface area contributed by atoms with Crippen molar-refractivity contribution in [2.24, 2.45) is 0 Å². The minimum absolute atomic E-state index is 1.07. The molecule has 2 N–H and O–H groups in total. The minimum atomic E-state index is 1.07. The molecule has 0 aliphatic heterocycles. The van der Waals surface area contributed by atoms with Gasteiger partial charge in [-0.2, -0.15) is 0 Å². The first kappa shape index (κ1) is 11.8. The van der Waals surface area contributed by atoms with Crippen LogP contribution in [0.15, 0.2) is 57.6 Å². The van der Waals surface area contributed by atoms with Gasteiger partial charge in [0.05, 0.1) is 5.69 Å². The highest BCUT2D eigenvalue weighted by Gasteiger charge is 2.04. The lowest BCUT2D eigenvalue weighted by molar-refractivity contribution is 1.46. The van der Waals surface area contributed by atoms with Crippen molar-refractivity contribution in [2.45, 2.75) is 0 Å². The van der Waals surface area contributed by atoms with Crippen molar-refractivity contribution >= 4 is 54.1 Å². The molecule has 90 valence electrons. The molecule has 0 aliphatic rings. The molecule has 0 fully saturated rings. The lowest BCUT2D eigenvalue weighted by atomic mass is 10.2. The summed E-state index contributed by atoms with van der Waals surface area (Å²) in [5.74, 6) is 0. The molecular formula is C14H10Br2N2. The molecule has 0 amide bonds. The lowest BCUT2D eigenvalue weighted by Crippen LogP contribution is -1.88. The van der Waals surface area contributed by atoms with Gasteiger partial charge in [0.1, 0.15) is 0 Å². The number of benzene rings is 2. The summed E-state index contributed by atoms with van der Waals surface area (Å²) < 4.78 is 2.16. The third-order valence-corrected chi connectivity index (χ3v) is 3.79. The zero-order chi connectivity index (χ0) is 12.5. The fraction of sp³-hybridized carbons (Fsp3) is 0. The number of H-pyrrole nitrogens is 1. The van der Waals surface area contributed by atoms with E-state index in [2.05, 4.69) is 54.3 Å². The summed E-state index contributed by atoms with van der Waals surface area (Å²) >= 11 is 6.93. The Morgan fingerprint density at radius 1 is 0.889 bits per heavy atom. The van der Waals surface area contributed by atoms with Crippen LogP contribution in [0.1, 0.15) is 0 Å². The van der Waals surface area contributed by atoms with Gasteiger partial charge in [-0.3, -0.25) is 0 Å². The van der Waals surface area contributed by atoms with Crippen molar-refractivity contribution in [3.8, 4) is 0 Å². The quantitative estimate of drug-likeness (QED) is 0.622. The van der Waals surface area contributed by atoms with Crippen LogP contribution in [0.4, 0.5) is 11.4 Å². The molecule has 18 heavy (non-hydrogen) atoms. The van der Waals surface area contributed by atoms with Gasteiger partial charge in [-0.15, -0.1) is 0 Å². The van der Waals surface area contributed by atoms with Crippen LogP contribution >= 0.6 is 31.9 Å². The lowest BCUT2D eigenvalue weighted by Gasteiger charge is -2.05. The first-order valence-corrected chi connectivity index (χ1v) is 7.10. The largest absolute Gasteiger partial charge is 0.359 e. The third kappa shape index (κ3) is 2.31. The number of anilines is 2. The zero-order valence-corrected chi connectivity index (χ0v) is 12.5. The van der Waals surface area contributed by atoms with Gasteiger partial charge in [0.2, 0.25) is 0 Å². The fourth-order valence-electron chi connectivity index (χ4n) is 1.88. The normalized spacial score (nSPS) is 10.8. The highest BCUT2D eigenvalue weighted by atomic mass is 79.9. The van der Waals surface area contributed by atoms with E-state index in [1.54, 1.807) is 0 Å². The summed E-state index contributed by atoms with van der Waals surface area (Å²) in [6, 6.07) is 14.3. The van der Waals surface area contributed by atoms with Gasteiger partial charge in [0.15, 0.2) is 0 Å². The fourth-order valence-corrected chi connectivity index (χ4v) is 2.51. The maximum Gasteiger partial charge on any atom is 0.0642 e. The highest BCUT2D eigenvalue weighted by molar-refractivity contribution is 9.10. The van der Waals surface area contributed by atoms with E-state index < -0.39 is 0 Å². The van der Waals surface area contributed by atoms with Crippen molar-refractivity contribution in [3.05, 3.63) is 57.6 Å². The predicted octanol–water partition coefficient (Wildman–Crippen LogP) is 5.44. The Morgan fingerprint density at radius 2 is 1.61 bits per heavy atom. The molecule has 0 unspecified atom stereocenters. The number of rotatable bonds is 2. The second kappa shape index (κ2) is 4.78. The van der Waals surface area contributed by atoms with Crippen LogP contribution < -0.4 is 5.32 Å². The molecule has 0 saturated heterocycles. The van der Waals surface area contributed by atoms with Crippen LogP contribution in [0.5, 0.6) is 0 Å². The standard InChI is InChI=1S/C14H10Br2N2/c15-9-1-4-11(5-2-9)18-14-8-17-13-6-3-10(16)7-12(13)14/h1-8,17-18H. The van der Waals surface area contributed by atoms with Crippen LogP contribution in [0, 0.1) is 0 Å². The summed E-state index contributed by atoms with van der Waals surface area (Å²) in [5, 5.41) is 4.58. The molecule has 0 saturated carbocycles. The smallest absolute Gasteiger partial charge is 0.0642 e. The number of hydrogen-bond donors (Lipinski definition) is 2. The molecule has 4 heteroatoms. The first-order chi connectivity index (χ1) is 8.72. The molecular weight excluding hydrogens is 356 g/mol.